The Hall–Kier alpha value is -1.26. The number of hydrogen-bond acceptors (Lipinski definition) is 5. The van der Waals surface area contributed by atoms with Gasteiger partial charge in [-0.1, -0.05) is 0 Å². The van der Waals surface area contributed by atoms with Crippen LogP contribution in [0.4, 0.5) is 8.78 Å². The summed E-state index contributed by atoms with van der Waals surface area (Å²) in [4.78, 5) is 23.1. The van der Waals surface area contributed by atoms with Crippen LogP contribution in [0, 0.1) is 0 Å². The monoisotopic (exact) mass is 279 g/mol. The highest BCUT2D eigenvalue weighted by molar-refractivity contribution is 6.43. The van der Waals surface area contributed by atoms with E-state index in [-0.39, 0.29) is 12.8 Å². The number of alkyl halides is 2. The molecule has 0 bridgehead atoms. The lowest BCUT2D eigenvalue weighted by molar-refractivity contribution is -0.134. The first kappa shape index (κ1) is 15.8. The predicted octanol–water partition coefficient (Wildman–Crippen LogP) is -2.17. The Morgan fingerprint density at radius 3 is 2.53 bits per heavy atom. The second kappa shape index (κ2) is 5.80. The molecule has 2 amide bonds. The van der Waals surface area contributed by atoms with Crippen LogP contribution >= 0.6 is 0 Å². The SMILES string of the molecule is NC(=O)CC[C@H](N)C(=O)N1CC(F)(F)CC1B(O)O. The summed E-state index contributed by atoms with van der Waals surface area (Å²) in [6, 6.07) is -1.18. The maximum absolute atomic E-state index is 13.2. The molecule has 6 N–H and O–H groups in total. The number of carbonyl (C=O) groups is 2. The van der Waals surface area contributed by atoms with Crippen LogP contribution in [0.15, 0.2) is 0 Å². The summed E-state index contributed by atoms with van der Waals surface area (Å²) in [5.74, 6) is -6.10. The van der Waals surface area contributed by atoms with Crippen LogP contribution in [-0.2, 0) is 9.59 Å². The van der Waals surface area contributed by atoms with Crippen LogP contribution in [0.3, 0.4) is 0 Å². The molecule has 1 saturated heterocycles. The summed E-state index contributed by atoms with van der Waals surface area (Å²) in [6.07, 6.45) is -1.06. The van der Waals surface area contributed by atoms with Gasteiger partial charge in [0.25, 0.3) is 5.92 Å². The standard InChI is InChI=1S/C9H16BF2N3O4/c11-9(12)3-6(10(18)19)15(4-9)8(17)5(13)1-2-7(14)16/h5-6,18-19H,1-4,13H2,(H2,14,16)/t5-,6?/m0/s1. The van der Waals surface area contributed by atoms with Crippen molar-refractivity contribution in [2.45, 2.75) is 37.2 Å². The smallest absolute Gasteiger partial charge is 0.426 e. The van der Waals surface area contributed by atoms with Crippen LogP contribution in [0.2, 0.25) is 0 Å². The van der Waals surface area contributed by atoms with Crippen LogP contribution in [0.5, 0.6) is 0 Å². The Labute approximate surface area is 108 Å². The van der Waals surface area contributed by atoms with E-state index in [2.05, 4.69) is 0 Å². The molecule has 1 aliphatic rings. The number of likely N-dealkylation sites (tertiary alicyclic amines) is 1. The lowest BCUT2D eigenvalue weighted by atomic mass is 9.77. The fraction of sp³-hybridized carbons (Fsp3) is 0.778. The molecular formula is C9H16BF2N3O4. The molecule has 1 rings (SSSR count). The van der Waals surface area contributed by atoms with Gasteiger partial charge in [0.2, 0.25) is 11.8 Å². The molecule has 1 fully saturated rings. The van der Waals surface area contributed by atoms with Gasteiger partial charge < -0.3 is 26.4 Å². The maximum atomic E-state index is 13.2. The van der Waals surface area contributed by atoms with Crippen molar-refractivity contribution >= 4 is 18.9 Å². The van der Waals surface area contributed by atoms with E-state index in [9.17, 15) is 18.4 Å². The van der Waals surface area contributed by atoms with Crippen molar-refractivity contribution in [3.05, 3.63) is 0 Å². The Bertz CT molecular complexity index is 369. The van der Waals surface area contributed by atoms with Gasteiger partial charge in [-0.15, -0.1) is 0 Å². The second-order valence-corrected chi connectivity index (χ2v) is 4.62. The Balaban J connectivity index is 2.71. The highest BCUT2D eigenvalue weighted by Gasteiger charge is 2.51. The van der Waals surface area contributed by atoms with E-state index in [1.54, 1.807) is 0 Å². The van der Waals surface area contributed by atoms with Gasteiger partial charge in [0.1, 0.15) is 0 Å². The highest BCUT2D eigenvalue weighted by Crippen LogP contribution is 2.32. The molecule has 0 spiro atoms. The second-order valence-electron chi connectivity index (χ2n) is 4.62. The topological polar surface area (TPSA) is 130 Å². The first-order chi connectivity index (χ1) is 8.64. The fourth-order valence-corrected chi connectivity index (χ4v) is 1.99. The quantitative estimate of drug-likeness (QED) is 0.425. The van der Waals surface area contributed by atoms with Crippen molar-refractivity contribution in [2.24, 2.45) is 11.5 Å². The number of primary amides is 1. The van der Waals surface area contributed by atoms with E-state index in [1.807, 2.05) is 0 Å². The fourth-order valence-electron chi connectivity index (χ4n) is 1.99. The molecular weight excluding hydrogens is 263 g/mol. The number of carbonyl (C=O) groups excluding carboxylic acids is 2. The summed E-state index contributed by atoms with van der Waals surface area (Å²) in [7, 11) is -2.07. The van der Waals surface area contributed by atoms with E-state index < -0.39 is 49.8 Å². The Morgan fingerprint density at radius 1 is 1.47 bits per heavy atom. The average Bonchev–Trinajstić information content (AvgIpc) is 2.61. The lowest BCUT2D eigenvalue weighted by Gasteiger charge is -2.26. The molecule has 0 saturated carbocycles. The van der Waals surface area contributed by atoms with E-state index in [4.69, 9.17) is 21.5 Å². The molecule has 1 heterocycles. The normalized spacial score (nSPS) is 23.2. The first-order valence-corrected chi connectivity index (χ1v) is 5.72. The number of amides is 2. The van der Waals surface area contributed by atoms with Gasteiger partial charge in [-0.2, -0.15) is 0 Å². The predicted molar refractivity (Wildman–Crippen MR) is 61.7 cm³/mol. The number of nitrogens with zero attached hydrogens (tertiary/aromatic N) is 1. The van der Waals surface area contributed by atoms with Crippen LogP contribution < -0.4 is 11.5 Å². The van der Waals surface area contributed by atoms with Gasteiger partial charge >= 0.3 is 7.12 Å². The highest BCUT2D eigenvalue weighted by atomic mass is 19.3. The van der Waals surface area contributed by atoms with Crippen LogP contribution in [0.1, 0.15) is 19.3 Å². The van der Waals surface area contributed by atoms with Gasteiger partial charge in [0.05, 0.1) is 18.5 Å². The minimum Gasteiger partial charge on any atom is -0.426 e. The van der Waals surface area contributed by atoms with Crippen LogP contribution in [-0.4, -0.2) is 58.3 Å². The van der Waals surface area contributed by atoms with Gasteiger partial charge in [-0.3, -0.25) is 9.59 Å². The van der Waals surface area contributed by atoms with Gasteiger partial charge in [-0.05, 0) is 6.42 Å². The number of nitrogens with two attached hydrogens (primary N) is 2. The van der Waals surface area contributed by atoms with Crippen molar-refractivity contribution < 1.29 is 28.4 Å². The average molecular weight is 279 g/mol. The zero-order valence-electron chi connectivity index (χ0n) is 10.1. The van der Waals surface area contributed by atoms with Crippen molar-refractivity contribution in [3.63, 3.8) is 0 Å². The molecule has 108 valence electrons. The summed E-state index contributed by atoms with van der Waals surface area (Å²) in [6.45, 7) is -0.918. The van der Waals surface area contributed by atoms with Gasteiger partial charge in [0, 0.05) is 12.8 Å². The number of hydrogen-bond donors (Lipinski definition) is 4. The van der Waals surface area contributed by atoms with Gasteiger partial charge in [0.15, 0.2) is 0 Å². The zero-order chi connectivity index (χ0) is 14.8. The van der Waals surface area contributed by atoms with E-state index in [0.717, 1.165) is 0 Å². The molecule has 0 aromatic carbocycles. The molecule has 0 aromatic heterocycles. The molecule has 2 atom stereocenters. The van der Waals surface area contributed by atoms with Gasteiger partial charge in [-0.25, -0.2) is 8.78 Å². The maximum Gasteiger partial charge on any atom is 0.475 e. The molecule has 1 unspecified atom stereocenters. The molecule has 7 nitrogen and oxygen atoms in total. The zero-order valence-corrected chi connectivity index (χ0v) is 10.1. The third-order valence-electron chi connectivity index (χ3n) is 2.96. The molecule has 10 heteroatoms. The molecule has 1 aliphatic heterocycles. The van der Waals surface area contributed by atoms with Crippen molar-refractivity contribution in [1.82, 2.24) is 4.90 Å². The minimum absolute atomic E-state index is 0.0789. The van der Waals surface area contributed by atoms with Crippen molar-refractivity contribution in [2.75, 3.05) is 6.54 Å². The molecule has 0 radical (unpaired) electrons. The molecule has 19 heavy (non-hydrogen) atoms. The van der Waals surface area contributed by atoms with E-state index in [1.165, 1.54) is 0 Å². The molecule has 0 aromatic rings. The number of rotatable bonds is 5. The Morgan fingerprint density at radius 2 is 2.05 bits per heavy atom. The first-order valence-electron chi connectivity index (χ1n) is 5.72. The Kier molecular flexibility index (Phi) is 4.83. The minimum atomic E-state index is -3.19. The number of halogens is 2. The van der Waals surface area contributed by atoms with E-state index in [0.29, 0.717) is 4.90 Å². The van der Waals surface area contributed by atoms with Crippen LogP contribution in [0.25, 0.3) is 0 Å². The largest absolute Gasteiger partial charge is 0.475 e. The third kappa shape index (κ3) is 4.11. The summed E-state index contributed by atoms with van der Waals surface area (Å²) in [5.41, 5.74) is 10.4. The third-order valence-corrected chi connectivity index (χ3v) is 2.96. The van der Waals surface area contributed by atoms with Crippen molar-refractivity contribution in [1.29, 1.82) is 0 Å². The van der Waals surface area contributed by atoms with E-state index >= 15 is 0 Å². The lowest BCUT2D eigenvalue weighted by Crippen LogP contribution is -2.51. The van der Waals surface area contributed by atoms with Crippen molar-refractivity contribution in [3.8, 4) is 0 Å². The summed E-state index contributed by atoms with van der Waals surface area (Å²) < 4.78 is 26.4. The summed E-state index contributed by atoms with van der Waals surface area (Å²) >= 11 is 0. The molecule has 0 aliphatic carbocycles. The summed E-state index contributed by atoms with van der Waals surface area (Å²) in [5, 5.41) is 18.0.